The van der Waals surface area contributed by atoms with Crippen LogP contribution in [0.1, 0.15) is 73.1 Å². The van der Waals surface area contributed by atoms with E-state index in [1.54, 1.807) is 0 Å². The maximum absolute atomic E-state index is 3.89. The molecule has 0 bridgehead atoms. The minimum Gasteiger partial charge on any atom is -0.313 e. The molecule has 2 rings (SSSR count). The number of nitrogens with zero attached hydrogens (tertiary/aromatic N) is 1. The lowest BCUT2D eigenvalue weighted by atomic mass is 9.67. The first kappa shape index (κ1) is 17.3. The zero-order valence-electron chi connectivity index (χ0n) is 15.2. The second kappa shape index (κ2) is 7.00. The summed E-state index contributed by atoms with van der Waals surface area (Å²) in [7, 11) is 0. The lowest BCUT2D eigenvalue weighted by molar-refractivity contribution is 0.0557. The lowest BCUT2D eigenvalue weighted by Crippen LogP contribution is -2.53. The molecule has 0 aromatic carbocycles. The van der Waals surface area contributed by atoms with Gasteiger partial charge in [0.05, 0.1) is 0 Å². The summed E-state index contributed by atoms with van der Waals surface area (Å²) in [4.78, 5) is 2.75. The van der Waals surface area contributed by atoms with Gasteiger partial charge in [-0.05, 0) is 68.5 Å². The van der Waals surface area contributed by atoms with Crippen LogP contribution in [-0.4, -0.2) is 37.1 Å². The number of nitrogens with one attached hydrogen (secondary N) is 1. The minimum absolute atomic E-state index is 0.465. The largest absolute Gasteiger partial charge is 0.313 e. The molecule has 1 saturated carbocycles. The molecule has 1 aliphatic carbocycles. The van der Waals surface area contributed by atoms with Crippen LogP contribution in [0.5, 0.6) is 0 Å². The van der Waals surface area contributed by atoms with Crippen molar-refractivity contribution in [3.8, 4) is 0 Å². The molecule has 2 atom stereocenters. The van der Waals surface area contributed by atoms with Crippen LogP contribution in [0.2, 0.25) is 0 Å². The molecule has 1 heterocycles. The number of rotatable bonds is 5. The molecule has 2 fully saturated rings. The fourth-order valence-electron chi connectivity index (χ4n) is 4.39. The molecule has 124 valence electrons. The van der Waals surface area contributed by atoms with Gasteiger partial charge < -0.3 is 10.2 Å². The molecule has 0 aromatic rings. The third kappa shape index (κ3) is 4.69. The van der Waals surface area contributed by atoms with Crippen molar-refractivity contribution in [3.05, 3.63) is 0 Å². The maximum Gasteiger partial charge on any atom is 0.0159 e. The number of hydrogen-bond acceptors (Lipinski definition) is 2. The number of likely N-dealkylation sites (tertiary alicyclic amines) is 1. The van der Waals surface area contributed by atoms with Crippen LogP contribution in [0.4, 0.5) is 0 Å². The Hall–Kier alpha value is -0.0800. The van der Waals surface area contributed by atoms with E-state index in [2.05, 4.69) is 44.8 Å². The van der Waals surface area contributed by atoms with Crippen molar-refractivity contribution in [1.82, 2.24) is 10.2 Å². The van der Waals surface area contributed by atoms with Crippen LogP contribution in [0.15, 0.2) is 0 Å². The van der Waals surface area contributed by atoms with Gasteiger partial charge in [0.25, 0.3) is 0 Å². The molecule has 0 spiro atoms. The number of hydrogen-bond donors (Lipinski definition) is 1. The van der Waals surface area contributed by atoms with Crippen molar-refractivity contribution in [2.45, 2.75) is 79.2 Å². The van der Waals surface area contributed by atoms with Crippen molar-refractivity contribution < 1.29 is 0 Å². The first-order chi connectivity index (χ1) is 9.84. The molecule has 1 aliphatic heterocycles. The Morgan fingerprint density at radius 3 is 2.33 bits per heavy atom. The Balaban J connectivity index is 1.93. The van der Waals surface area contributed by atoms with E-state index in [9.17, 15) is 0 Å². The zero-order chi connectivity index (χ0) is 15.5. The Morgan fingerprint density at radius 2 is 1.71 bits per heavy atom. The highest BCUT2D eigenvalue weighted by Gasteiger charge is 2.39. The Labute approximate surface area is 133 Å². The van der Waals surface area contributed by atoms with Gasteiger partial charge in [-0.2, -0.15) is 0 Å². The third-order valence-electron chi connectivity index (χ3n) is 6.03. The third-order valence-corrected chi connectivity index (χ3v) is 6.03. The van der Waals surface area contributed by atoms with Crippen molar-refractivity contribution in [3.63, 3.8) is 0 Å². The van der Waals surface area contributed by atoms with E-state index in [1.807, 2.05) is 0 Å². The summed E-state index contributed by atoms with van der Waals surface area (Å²) < 4.78 is 0. The van der Waals surface area contributed by atoms with Crippen LogP contribution < -0.4 is 5.32 Å². The molecular formula is C19H38N2. The summed E-state index contributed by atoms with van der Waals surface area (Å²) in [5.74, 6) is 0.849. The summed E-state index contributed by atoms with van der Waals surface area (Å²) in [6.45, 7) is 17.2. The van der Waals surface area contributed by atoms with E-state index in [0.29, 0.717) is 16.9 Å². The van der Waals surface area contributed by atoms with Crippen LogP contribution in [0.3, 0.4) is 0 Å². The normalized spacial score (nSPS) is 33.0. The first-order valence-corrected chi connectivity index (χ1v) is 9.30. The molecule has 2 heteroatoms. The van der Waals surface area contributed by atoms with Crippen LogP contribution in [-0.2, 0) is 0 Å². The second-order valence-electron chi connectivity index (χ2n) is 9.04. The molecule has 2 aliphatic rings. The van der Waals surface area contributed by atoms with Crippen molar-refractivity contribution in [2.24, 2.45) is 16.7 Å². The van der Waals surface area contributed by atoms with E-state index < -0.39 is 0 Å². The molecule has 0 amide bonds. The minimum atomic E-state index is 0.465. The molecule has 2 nitrogen and oxygen atoms in total. The Kier molecular flexibility index (Phi) is 5.76. The van der Waals surface area contributed by atoms with Gasteiger partial charge in [0.1, 0.15) is 0 Å². The molecule has 0 aromatic heterocycles. The zero-order valence-corrected chi connectivity index (χ0v) is 15.2. The fourth-order valence-corrected chi connectivity index (χ4v) is 4.39. The highest BCUT2D eigenvalue weighted by atomic mass is 15.1. The standard InChI is InChI=1S/C19H38N2/c1-6-12-20-17-16(8-7-9-19(17,4)5)15-21-13-10-18(2,3)11-14-21/h16-17,20H,6-15H2,1-5H3. The molecule has 21 heavy (non-hydrogen) atoms. The van der Waals surface area contributed by atoms with E-state index in [1.165, 1.54) is 64.7 Å². The van der Waals surface area contributed by atoms with Gasteiger partial charge in [0.15, 0.2) is 0 Å². The average Bonchev–Trinajstić information content (AvgIpc) is 2.40. The molecule has 1 saturated heterocycles. The maximum atomic E-state index is 3.89. The Morgan fingerprint density at radius 1 is 1.05 bits per heavy atom. The smallest absolute Gasteiger partial charge is 0.0159 e. The quantitative estimate of drug-likeness (QED) is 0.813. The lowest BCUT2D eigenvalue weighted by Gasteiger charge is -2.47. The predicted molar refractivity (Wildman–Crippen MR) is 92.7 cm³/mol. The summed E-state index contributed by atoms with van der Waals surface area (Å²) in [5, 5.41) is 3.89. The van der Waals surface area contributed by atoms with Crippen LogP contribution in [0, 0.1) is 16.7 Å². The predicted octanol–water partition coefficient (Wildman–Crippen LogP) is 4.30. The molecule has 2 unspecified atom stereocenters. The molecule has 0 radical (unpaired) electrons. The van der Waals surface area contributed by atoms with Gasteiger partial charge in [0, 0.05) is 12.6 Å². The van der Waals surface area contributed by atoms with Crippen LogP contribution >= 0.6 is 0 Å². The van der Waals surface area contributed by atoms with Crippen molar-refractivity contribution in [2.75, 3.05) is 26.2 Å². The summed E-state index contributed by atoms with van der Waals surface area (Å²) in [6, 6.07) is 0.709. The van der Waals surface area contributed by atoms with Crippen molar-refractivity contribution >= 4 is 0 Å². The van der Waals surface area contributed by atoms with Gasteiger partial charge in [0.2, 0.25) is 0 Å². The van der Waals surface area contributed by atoms with E-state index in [4.69, 9.17) is 0 Å². The summed E-state index contributed by atoms with van der Waals surface area (Å²) in [5.41, 5.74) is 1.04. The highest BCUT2D eigenvalue weighted by Crippen LogP contribution is 2.40. The van der Waals surface area contributed by atoms with E-state index in [0.717, 1.165) is 5.92 Å². The van der Waals surface area contributed by atoms with E-state index >= 15 is 0 Å². The van der Waals surface area contributed by atoms with Gasteiger partial charge in [-0.25, -0.2) is 0 Å². The van der Waals surface area contributed by atoms with Gasteiger partial charge in [-0.3, -0.25) is 0 Å². The number of piperidine rings is 1. The first-order valence-electron chi connectivity index (χ1n) is 9.30. The fraction of sp³-hybridized carbons (Fsp3) is 1.00. The molecular weight excluding hydrogens is 256 g/mol. The SMILES string of the molecule is CCCNC1C(CN2CCC(C)(C)CC2)CCCC1(C)C. The monoisotopic (exact) mass is 294 g/mol. The second-order valence-corrected chi connectivity index (χ2v) is 9.04. The van der Waals surface area contributed by atoms with Gasteiger partial charge in [-0.15, -0.1) is 0 Å². The summed E-state index contributed by atoms with van der Waals surface area (Å²) >= 11 is 0. The van der Waals surface area contributed by atoms with E-state index in [-0.39, 0.29) is 0 Å². The average molecular weight is 295 g/mol. The molecule has 1 N–H and O–H groups in total. The Bertz CT molecular complexity index is 312. The summed E-state index contributed by atoms with van der Waals surface area (Å²) in [6.07, 6.45) is 8.22. The topological polar surface area (TPSA) is 15.3 Å². The highest BCUT2D eigenvalue weighted by molar-refractivity contribution is 4.95. The van der Waals surface area contributed by atoms with Gasteiger partial charge in [-0.1, -0.05) is 41.0 Å². The van der Waals surface area contributed by atoms with Gasteiger partial charge >= 0.3 is 0 Å². The van der Waals surface area contributed by atoms with Crippen LogP contribution in [0.25, 0.3) is 0 Å². The van der Waals surface area contributed by atoms with Crippen molar-refractivity contribution in [1.29, 1.82) is 0 Å².